The normalized spacial score (nSPS) is 20.1. The number of likely N-dealkylation sites (tertiary alicyclic amines) is 1. The second-order valence-corrected chi connectivity index (χ2v) is 7.07. The monoisotopic (exact) mass is 331 g/mol. The SMILES string of the molecule is O=C(Nc1nc2c(s1)CCC2)[C@H]1CC(=O)N(Cc2ccco2)C1. The summed E-state index contributed by atoms with van der Waals surface area (Å²) in [5, 5.41) is 3.54. The number of carbonyl (C=O) groups is 2. The largest absolute Gasteiger partial charge is 0.467 e. The lowest BCUT2D eigenvalue weighted by Crippen LogP contribution is -2.27. The summed E-state index contributed by atoms with van der Waals surface area (Å²) in [7, 11) is 0. The lowest BCUT2D eigenvalue weighted by atomic mass is 10.1. The van der Waals surface area contributed by atoms with Gasteiger partial charge in [-0.15, -0.1) is 11.3 Å². The fraction of sp³-hybridized carbons (Fsp3) is 0.438. The van der Waals surface area contributed by atoms with Crippen LogP contribution in [0.1, 0.15) is 29.2 Å². The van der Waals surface area contributed by atoms with E-state index in [1.165, 1.54) is 4.88 Å². The average Bonchev–Trinajstić information content (AvgIpc) is 3.24. The van der Waals surface area contributed by atoms with Gasteiger partial charge in [0, 0.05) is 17.8 Å². The van der Waals surface area contributed by atoms with E-state index in [1.807, 2.05) is 6.07 Å². The lowest BCUT2D eigenvalue weighted by molar-refractivity contribution is -0.128. The van der Waals surface area contributed by atoms with Crippen molar-refractivity contribution < 1.29 is 14.0 Å². The van der Waals surface area contributed by atoms with Crippen molar-refractivity contribution in [2.24, 2.45) is 5.92 Å². The number of furan rings is 1. The first kappa shape index (κ1) is 14.4. The third-order valence-electron chi connectivity index (χ3n) is 4.34. The van der Waals surface area contributed by atoms with Gasteiger partial charge in [0.05, 0.1) is 24.4 Å². The van der Waals surface area contributed by atoms with Crippen LogP contribution in [0.5, 0.6) is 0 Å². The highest BCUT2D eigenvalue weighted by atomic mass is 32.1. The van der Waals surface area contributed by atoms with Crippen molar-refractivity contribution in [3.8, 4) is 0 Å². The molecule has 1 saturated heterocycles. The summed E-state index contributed by atoms with van der Waals surface area (Å²) in [6, 6.07) is 3.62. The summed E-state index contributed by atoms with van der Waals surface area (Å²) in [6.45, 7) is 0.845. The molecule has 1 aliphatic carbocycles. The van der Waals surface area contributed by atoms with Crippen LogP contribution in [-0.2, 0) is 29.0 Å². The van der Waals surface area contributed by atoms with Crippen molar-refractivity contribution in [1.29, 1.82) is 0 Å². The molecule has 1 N–H and O–H groups in total. The maximum absolute atomic E-state index is 12.4. The van der Waals surface area contributed by atoms with Gasteiger partial charge in [-0.2, -0.15) is 0 Å². The number of fused-ring (bicyclic) bond motifs is 1. The van der Waals surface area contributed by atoms with Gasteiger partial charge in [-0.3, -0.25) is 9.59 Å². The van der Waals surface area contributed by atoms with E-state index in [2.05, 4.69) is 10.3 Å². The molecule has 0 radical (unpaired) electrons. The van der Waals surface area contributed by atoms with Crippen molar-refractivity contribution in [3.05, 3.63) is 34.7 Å². The highest BCUT2D eigenvalue weighted by molar-refractivity contribution is 7.15. The lowest BCUT2D eigenvalue weighted by Gasteiger charge is -2.14. The molecule has 0 aromatic carbocycles. The smallest absolute Gasteiger partial charge is 0.231 e. The Bertz CT molecular complexity index is 716. The summed E-state index contributed by atoms with van der Waals surface area (Å²) >= 11 is 1.56. The van der Waals surface area contributed by atoms with Gasteiger partial charge in [0.25, 0.3) is 0 Å². The van der Waals surface area contributed by atoms with Gasteiger partial charge in [-0.25, -0.2) is 4.98 Å². The Labute approximate surface area is 137 Å². The molecule has 3 heterocycles. The molecular formula is C16H17N3O3S. The minimum atomic E-state index is -0.323. The number of nitrogens with one attached hydrogen (secondary N) is 1. The number of hydrogen-bond donors (Lipinski definition) is 1. The molecule has 2 aromatic rings. The van der Waals surface area contributed by atoms with Crippen LogP contribution >= 0.6 is 11.3 Å². The zero-order valence-corrected chi connectivity index (χ0v) is 13.4. The fourth-order valence-corrected chi connectivity index (χ4v) is 4.20. The number of hydrogen-bond acceptors (Lipinski definition) is 5. The van der Waals surface area contributed by atoms with Crippen molar-refractivity contribution in [3.63, 3.8) is 0 Å². The predicted molar refractivity (Wildman–Crippen MR) is 85.0 cm³/mol. The quantitative estimate of drug-likeness (QED) is 0.932. The zero-order valence-electron chi connectivity index (χ0n) is 12.6. The topological polar surface area (TPSA) is 75.4 Å². The second-order valence-electron chi connectivity index (χ2n) is 5.99. The Morgan fingerprint density at radius 2 is 2.39 bits per heavy atom. The molecule has 0 spiro atoms. The van der Waals surface area contributed by atoms with Crippen LogP contribution in [0.3, 0.4) is 0 Å². The molecule has 4 rings (SSSR count). The maximum atomic E-state index is 12.4. The molecule has 0 saturated carbocycles. The number of carbonyl (C=O) groups excluding carboxylic acids is 2. The third-order valence-corrected chi connectivity index (χ3v) is 5.41. The van der Waals surface area contributed by atoms with E-state index in [-0.39, 0.29) is 24.2 Å². The highest BCUT2D eigenvalue weighted by Gasteiger charge is 2.35. The van der Waals surface area contributed by atoms with Gasteiger partial charge >= 0.3 is 0 Å². The van der Waals surface area contributed by atoms with Crippen molar-refractivity contribution >= 4 is 28.3 Å². The van der Waals surface area contributed by atoms with E-state index in [9.17, 15) is 9.59 Å². The van der Waals surface area contributed by atoms with E-state index in [1.54, 1.807) is 28.6 Å². The first-order chi connectivity index (χ1) is 11.2. The Morgan fingerprint density at radius 3 is 3.17 bits per heavy atom. The number of rotatable bonds is 4. The molecule has 1 atom stereocenters. The molecule has 120 valence electrons. The summed E-state index contributed by atoms with van der Waals surface area (Å²) in [4.78, 5) is 31.9. The molecule has 1 aliphatic heterocycles. The van der Waals surface area contributed by atoms with E-state index in [0.717, 1.165) is 30.7 Å². The van der Waals surface area contributed by atoms with Crippen molar-refractivity contribution in [2.45, 2.75) is 32.2 Å². The summed E-state index contributed by atoms with van der Waals surface area (Å²) in [5.74, 6) is 0.280. The molecule has 2 aromatic heterocycles. The Balaban J connectivity index is 1.38. The zero-order chi connectivity index (χ0) is 15.8. The minimum Gasteiger partial charge on any atom is -0.467 e. The first-order valence-electron chi connectivity index (χ1n) is 7.78. The Kier molecular flexibility index (Phi) is 3.65. The molecule has 1 fully saturated rings. The van der Waals surface area contributed by atoms with Crippen LogP contribution in [0.25, 0.3) is 0 Å². The number of aromatic nitrogens is 1. The van der Waals surface area contributed by atoms with Crippen LogP contribution in [0.2, 0.25) is 0 Å². The summed E-state index contributed by atoms with van der Waals surface area (Å²) in [5.41, 5.74) is 1.12. The van der Waals surface area contributed by atoms with Crippen molar-refractivity contribution in [2.75, 3.05) is 11.9 Å². The van der Waals surface area contributed by atoms with Gasteiger partial charge in [0.15, 0.2) is 5.13 Å². The van der Waals surface area contributed by atoms with Crippen LogP contribution < -0.4 is 5.32 Å². The number of aryl methyl sites for hydroxylation is 2. The number of anilines is 1. The molecule has 7 heteroatoms. The third kappa shape index (κ3) is 2.88. The summed E-state index contributed by atoms with van der Waals surface area (Å²) in [6.07, 6.45) is 5.04. The fourth-order valence-electron chi connectivity index (χ4n) is 3.14. The van der Waals surface area contributed by atoms with Gasteiger partial charge in [-0.1, -0.05) is 0 Å². The van der Waals surface area contributed by atoms with Crippen LogP contribution in [0.15, 0.2) is 22.8 Å². The van der Waals surface area contributed by atoms with Gasteiger partial charge in [-0.05, 0) is 31.4 Å². The van der Waals surface area contributed by atoms with Crippen molar-refractivity contribution in [1.82, 2.24) is 9.88 Å². The van der Waals surface area contributed by atoms with E-state index < -0.39 is 0 Å². The Morgan fingerprint density at radius 1 is 1.48 bits per heavy atom. The maximum Gasteiger partial charge on any atom is 0.231 e. The number of nitrogens with zero attached hydrogens (tertiary/aromatic N) is 2. The minimum absolute atomic E-state index is 0.0109. The number of amides is 2. The predicted octanol–water partition coefficient (Wildman–Crippen LogP) is 2.21. The molecule has 2 amide bonds. The van der Waals surface area contributed by atoms with Gasteiger partial charge < -0.3 is 14.6 Å². The van der Waals surface area contributed by atoms with Crippen LogP contribution in [-0.4, -0.2) is 28.2 Å². The molecule has 2 aliphatic rings. The van der Waals surface area contributed by atoms with E-state index in [0.29, 0.717) is 18.2 Å². The molecule has 0 unspecified atom stereocenters. The van der Waals surface area contributed by atoms with E-state index in [4.69, 9.17) is 4.42 Å². The molecule has 0 bridgehead atoms. The standard InChI is InChI=1S/C16H17N3O3S/c20-14-7-10(8-19(14)9-11-3-2-6-22-11)15(21)18-16-17-12-4-1-5-13(12)23-16/h2-3,6,10H,1,4-5,7-9H2,(H,17,18,21)/t10-/m0/s1. The van der Waals surface area contributed by atoms with Crippen LogP contribution in [0.4, 0.5) is 5.13 Å². The summed E-state index contributed by atoms with van der Waals surface area (Å²) < 4.78 is 5.27. The number of thiazole rings is 1. The van der Waals surface area contributed by atoms with Crippen LogP contribution in [0, 0.1) is 5.92 Å². The second kappa shape index (κ2) is 5.81. The Hall–Kier alpha value is -2.15. The van der Waals surface area contributed by atoms with Gasteiger partial charge in [0.1, 0.15) is 5.76 Å². The molecule has 6 nitrogen and oxygen atoms in total. The molecule has 23 heavy (non-hydrogen) atoms. The highest BCUT2D eigenvalue weighted by Crippen LogP contribution is 2.31. The van der Waals surface area contributed by atoms with E-state index >= 15 is 0 Å². The first-order valence-corrected chi connectivity index (χ1v) is 8.60. The van der Waals surface area contributed by atoms with Gasteiger partial charge in [0.2, 0.25) is 11.8 Å². The average molecular weight is 331 g/mol. The molecular weight excluding hydrogens is 314 g/mol.